The molecule has 3 nitrogen and oxygen atoms in total. The summed E-state index contributed by atoms with van der Waals surface area (Å²) in [6.07, 6.45) is 5.87. The van der Waals surface area contributed by atoms with E-state index in [1.165, 1.54) is 11.3 Å². The minimum Gasteiger partial charge on any atom is -0.468 e. The number of nitrogens with one attached hydrogen (secondary N) is 1. The van der Waals surface area contributed by atoms with Crippen LogP contribution in [0.5, 0.6) is 0 Å². The molecule has 0 bridgehead atoms. The van der Waals surface area contributed by atoms with Gasteiger partial charge in [0.15, 0.2) is 0 Å². The van der Waals surface area contributed by atoms with E-state index in [9.17, 15) is 0 Å². The molecule has 0 fully saturated rings. The van der Waals surface area contributed by atoms with Crippen molar-refractivity contribution in [1.29, 1.82) is 0 Å². The van der Waals surface area contributed by atoms with Gasteiger partial charge in [-0.05, 0) is 43.7 Å². The Balaban J connectivity index is 1.95. The third-order valence-corrected chi connectivity index (χ3v) is 3.57. The highest BCUT2D eigenvalue weighted by atomic mass is 16.3. The molecule has 2 aromatic heterocycles. The molecule has 0 aromatic carbocycles. The lowest BCUT2D eigenvalue weighted by atomic mass is 9.95. The summed E-state index contributed by atoms with van der Waals surface area (Å²) in [5.41, 5.74) is 2.60. The number of hydrogen-bond donors (Lipinski definition) is 1. The molecule has 1 aliphatic carbocycles. The van der Waals surface area contributed by atoms with Crippen molar-refractivity contribution in [2.75, 3.05) is 7.05 Å². The Morgan fingerprint density at radius 1 is 1.41 bits per heavy atom. The molecule has 1 N–H and O–H groups in total. The summed E-state index contributed by atoms with van der Waals surface area (Å²) in [7, 11) is 1.98. The lowest BCUT2D eigenvalue weighted by molar-refractivity contribution is 0.378. The second-order valence-corrected chi connectivity index (χ2v) is 4.47. The lowest BCUT2D eigenvalue weighted by Crippen LogP contribution is -2.22. The van der Waals surface area contributed by atoms with Gasteiger partial charge in [-0.1, -0.05) is 6.07 Å². The number of hydrogen-bond acceptors (Lipinski definition) is 3. The van der Waals surface area contributed by atoms with Gasteiger partial charge in [-0.2, -0.15) is 0 Å². The fraction of sp³-hybridized carbons (Fsp3) is 0.357. The maximum Gasteiger partial charge on any atom is 0.121 e. The van der Waals surface area contributed by atoms with Crippen molar-refractivity contribution in [3.05, 3.63) is 53.7 Å². The molecule has 1 aliphatic rings. The minimum absolute atomic E-state index is 0.223. The molecule has 0 radical (unpaired) electrons. The summed E-state index contributed by atoms with van der Waals surface area (Å²) in [4.78, 5) is 4.54. The van der Waals surface area contributed by atoms with Gasteiger partial charge in [0.2, 0.25) is 0 Å². The summed E-state index contributed by atoms with van der Waals surface area (Å²) < 4.78 is 5.52. The standard InChI is InChI=1S/C14H16N2O/c1-15-14(12-5-3-9-17-12)11-7-6-10-4-2-8-16-13(10)11/h2-5,8-9,11,14-15H,6-7H2,1H3. The van der Waals surface area contributed by atoms with E-state index in [-0.39, 0.29) is 6.04 Å². The van der Waals surface area contributed by atoms with Crippen molar-refractivity contribution in [2.45, 2.75) is 24.8 Å². The molecule has 2 aromatic rings. The third-order valence-electron chi connectivity index (χ3n) is 3.57. The van der Waals surface area contributed by atoms with Gasteiger partial charge in [0.05, 0.1) is 12.3 Å². The highest BCUT2D eigenvalue weighted by Gasteiger charge is 2.32. The molecule has 2 atom stereocenters. The number of nitrogens with zero attached hydrogens (tertiary/aromatic N) is 1. The van der Waals surface area contributed by atoms with Crippen molar-refractivity contribution < 1.29 is 4.42 Å². The topological polar surface area (TPSA) is 38.1 Å². The zero-order valence-electron chi connectivity index (χ0n) is 9.89. The van der Waals surface area contributed by atoms with Crippen LogP contribution in [0.3, 0.4) is 0 Å². The maximum atomic E-state index is 5.52. The van der Waals surface area contributed by atoms with E-state index >= 15 is 0 Å². The van der Waals surface area contributed by atoms with Gasteiger partial charge in [-0.25, -0.2) is 0 Å². The zero-order chi connectivity index (χ0) is 11.7. The number of aromatic nitrogens is 1. The van der Waals surface area contributed by atoms with Crippen LogP contribution in [0.15, 0.2) is 41.1 Å². The number of aryl methyl sites for hydroxylation is 1. The molecule has 3 rings (SSSR count). The Morgan fingerprint density at radius 3 is 3.12 bits per heavy atom. The molecule has 88 valence electrons. The molecule has 0 spiro atoms. The van der Waals surface area contributed by atoms with Crippen LogP contribution in [-0.2, 0) is 6.42 Å². The summed E-state index contributed by atoms with van der Waals surface area (Å²) in [6.45, 7) is 0. The second-order valence-electron chi connectivity index (χ2n) is 4.47. The molecule has 2 heterocycles. The zero-order valence-corrected chi connectivity index (χ0v) is 9.89. The van der Waals surface area contributed by atoms with E-state index in [0.29, 0.717) is 5.92 Å². The van der Waals surface area contributed by atoms with E-state index < -0.39 is 0 Å². The predicted molar refractivity (Wildman–Crippen MR) is 65.8 cm³/mol. The van der Waals surface area contributed by atoms with Crippen molar-refractivity contribution in [3.63, 3.8) is 0 Å². The number of pyridine rings is 1. The predicted octanol–water partition coefficient (Wildman–Crippen LogP) is 2.67. The first kappa shape index (κ1) is 10.5. The van der Waals surface area contributed by atoms with Crippen LogP contribution in [0.2, 0.25) is 0 Å². The van der Waals surface area contributed by atoms with Crippen LogP contribution < -0.4 is 5.32 Å². The fourth-order valence-corrected chi connectivity index (χ4v) is 2.78. The Bertz CT molecular complexity index is 493. The highest BCUT2D eigenvalue weighted by Crippen LogP contribution is 2.40. The van der Waals surface area contributed by atoms with Gasteiger partial charge in [0, 0.05) is 17.8 Å². The molecule has 0 amide bonds. The van der Waals surface area contributed by atoms with E-state index in [1.54, 1.807) is 6.26 Å². The quantitative estimate of drug-likeness (QED) is 0.877. The SMILES string of the molecule is CNC(c1ccco1)C1CCc2cccnc21. The van der Waals surface area contributed by atoms with Crippen LogP contribution in [-0.4, -0.2) is 12.0 Å². The summed E-state index contributed by atoms with van der Waals surface area (Å²) in [6, 6.07) is 8.39. The van der Waals surface area contributed by atoms with Crippen molar-refractivity contribution in [3.8, 4) is 0 Å². The van der Waals surface area contributed by atoms with E-state index in [2.05, 4.69) is 16.4 Å². The van der Waals surface area contributed by atoms with Gasteiger partial charge >= 0.3 is 0 Å². The van der Waals surface area contributed by atoms with Gasteiger partial charge in [-0.15, -0.1) is 0 Å². The van der Waals surface area contributed by atoms with Crippen LogP contribution in [0.4, 0.5) is 0 Å². The van der Waals surface area contributed by atoms with Gasteiger partial charge in [0.25, 0.3) is 0 Å². The summed E-state index contributed by atoms with van der Waals surface area (Å²) in [5, 5.41) is 3.35. The molecule has 0 aliphatic heterocycles. The van der Waals surface area contributed by atoms with Crippen LogP contribution >= 0.6 is 0 Å². The first-order valence-corrected chi connectivity index (χ1v) is 6.04. The Morgan fingerprint density at radius 2 is 2.35 bits per heavy atom. The molecular weight excluding hydrogens is 212 g/mol. The number of rotatable bonds is 3. The largest absolute Gasteiger partial charge is 0.468 e. The maximum absolute atomic E-state index is 5.52. The first-order valence-electron chi connectivity index (χ1n) is 6.04. The number of likely N-dealkylation sites (N-methyl/N-ethyl adjacent to an activating group) is 1. The second kappa shape index (κ2) is 4.34. The minimum atomic E-state index is 0.223. The third kappa shape index (κ3) is 1.76. The number of fused-ring (bicyclic) bond motifs is 1. The monoisotopic (exact) mass is 228 g/mol. The van der Waals surface area contributed by atoms with E-state index in [0.717, 1.165) is 18.6 Å². The van der Waals surface area contributed by atoms with Gasteiger partial charge < -0.3 is 9.73 Å². The van der Waals surface area contributed by atoms with Crippen LogP contribution in [0.25, 0.3) is 0 Å². The fourth-order valence-electron chi connectivity index (χ4n) is 2.78. The molecule has 0 saturated carbocycles. The van der Waals surface area contributed by atoms with Crippen LogP contribution in [0, 0.1) is 0 Å². The Labute approximate surface area is 101 Å². The van der Waals surface area contributed by atoms with Gasteiger partial charge in [0.1, 0.15) is 5.76 Å². The van der Waals surface area contributed by atoms with E-state index in [1.807, 2.05) is 31.4 Å². The normalized spacial score (nSPS) is 20.2. The Kier molecular flexibility index (Phi) is 2.69. The summed E-state index contributed by atoms with van der Waals surface area (Å²) >= 11 is 0. The molecule has 0 saturated heterocycles. The first-order chi connectivity index (χ1) is 8.40. The molecule has 17 heavy (non-hydrogen) atoms. The lowest BCUT2D eigenvalue weighted by Gasteiger charge is -2.21. The molecular formula is C14H16N2O. The average Bonchev–Trinajstić information content (AvgIpc) is 3.01. The number of furan rings is 1. The highest BCUT2D eigenvalue weighted by molar-refractivity contribution is 5.31. The van der Waals surface area contributed by atoms with E-state index in [4.69, 9.17) is 4.42 Å². The van der Waals surface area contributed by atoms with Crippen molar-refractivity contribution in [2.24, 2.45) is 0 Å². The van der Waals surface area contributed by atoms with Crippen molar-refractivity contribution in [1.82, 2.24) is 10.3 Å². The summed E-state index contributed by atoms with van der Waals surface area (Å²) in [5.74, 6) is 1.42. The average molecular weight is 228 g/mol. The van der Waals surface area contributed by atoms with Crippen molar-refractivity contribution >= 4 is 0 Å². The van der Waals surface area contributed by atoms with Crippen LogP contribution in [0.1, 0.15) is 35.4 Å². The smallest absolute Gasteiger partial charge is 0.121 e. The molecule has 2 unspecified atom stereocenters. The Hall–Kier alpha value is -1.61. The molecule has 3 heteroatoms. The van der Waals surface area contributed by atoms with Gasteiger partial charge in [-0.3, -0.25) is 4.98 Å².